The minimum atomic E-state index is -0.709. The summed E-state index contributed by atoms with van der Waals surface area (Å²) >= 11 is 3.32. The van der Waals surface area contributed by atoms with E-state index in [9.17, 15) is 9.59 Å². The Morgan fingerprint density at radius 1 is 1.11 bits per heavy atom. The molecule has 0 saturated carbocycles. The topological polar surface area (TPSA) is 75.0 Å². The number of esters is 1. The molecule has 140 valence electrons. The zero-order valence-electron chi connectivity index (χ0n) is 14.8. The lowest BCUT2D eigenvalue weighted by atomic mass is 10.1. The summed E-state index contributed by atoms with van der Waals surface area (Å²) in [5, 5.41) is 0.775. The number of carbonyl (C=O) groups is 2. The lowest BCUT2D eigenvalue weighted by Gasteiger charge is -2.07. The number of hydrogen-bond acceptors (Lipinski definition) is 6. The monoisotopic (exact) mass is 432 g/mol. The largest absolute Gasteiger partial charge is 0.496 e. The number of ether oxygens (including phenoxy) is 3. The molecule has 0 aliphatic carbocycles. The van der Waals surface area contributed by atoms with Gasteiger partial charge in [0.05, 0.1) is 18.2 Å². The molecule has 0 aliphatic heterocycles. The average Bonchev–Trinajstić information content (AvgIpc) is 3.05. The van der Waals surface area contributed by atoms with Crippen LogP contribution in [0.1, 0.15) is 26.5 Å². The summed E-state index contributed by atoms with van der Waals surface area (Å²) in [5.41, 5.74) is 1.55. The van der Waals surface area contributed by atoms with E-state index in [1.54, 1.807) is 24.3 Å². The van der Waals surface area contributed by atoms with Crippen LogP contribution in [0, 0.1) is 0 Å². The molecule has 0 unspecified atom stereocenters. The molecule has 7 heteroatoms. The lowest BCUT2D eigenvalue weighted by Crippen LogP contribution is -2.15. The van der Waals surface area contributed by atoms with Gasteiger partial charge in [-0.1, -0.05) is 18.2 Å². The predicted octanol–water partition coefficient (Wildman–Crippen LogP) is 4.39. The Morgan fingerprint density at radius 2 is 1.89 bits per heavy atom. The highest BCUT2D eigenvalue weighted by atomic mass is 79.9. The van der Waals surface area contributed by atoms with E-state index in [-0.39, 0.29) is 18.2 Å². The predicted molar refractivity (Wildman–Crippen MR) is 102 cm³/mol. The molecular formula is C20H17BrO6. The minimum absolute atomic E-state index is 0.0433. The Balaban J connectivity index is 1.76. The van der Waals surface area contributed by atoms with Crippen LogP contribution in [0.4, 0.5) is 0 Å². The number of benzene rings is 2. The third-order valence-corrected chi connectivity index (χ3v) is 4.60. The number of para-hydroxylation sites is 1. The Hall–Kier alpha value is -2.64. The zero-order valence-corrected chi connectivity index (χ0v) is 16.4. The van der Waals surface area contributed by atoms with Crippen molar-refractivity contribution in [2.24, 2.45) is 0 Å². The summed E-state index contributed by atoms with van der Waals surface area (Å²) in [6.07, 6.45) is 0. The third-order valence-electron chi connectivity index (χ3n) is 3.98. The smallest absolute Gasteiger partial charge is 0.375 e. The summed E-state index contributed by atoms with van der Waals surface area (Å²) in [5.74, 6) is -0.396. The van der Waals surface area contributed by atoms with E-state index in [2.05, 4.69) is 15.9 Å². The maximum absolute atomic E-state index is 12.5. The number of furan rings is 1. The van der Waals surface area contributed by atoms with Crippen LogP contribution in [0.3, 0.4) is 0 Å². The number of fused-ring (bicyclic) bond motifs is 1. The van der Waals surface area contributed by atoms with Crippen LogP contribution in [0.25, 0.3) is 11.0 Å². The first kappa shape index (κ1) is 19.1. The molecule has 0 N–H and O–H groups in total. The second kappa shape index (κ2) is 8.37. The molecule has 0 aliphatic rings. The van der Waals surface area contributed by atoms with Gasteiger partial charge in [-0.15, -0.1) is 0 Å². The molecule has 6 nitrogen and oxygen atoms in total. The molecule has 0 amide bonds. The summed E-state index contributed by atoms with van der Waals surface area (Å²) in [6, 6.07) is 12.1. The van der Waals surface area contributed by atoms with Gasteiger partial charge in [-0.05, 0) is 40.2 Å². The van der Waals surface area contributed by atoms with Crippen molar-refractivity contribution in [3.05, 3.63) is 63.8 Å². The molecule has 3 aromatic rings. The Bertz CT molecular complexity index is 991. The molecule has 0 fully saturated rings. The maximum Gasteiger partial charge on any atom is 0.375 e. The SMILES string of the molecule is COCc1c(C(=O)OCC(=O)c2ccc(OC)c(Br)c2)oc2ccccc12. The number of halogens is 1. The van der Waals surface area contributed by atoms with Gasteiger partial charge >= 0.3 is 5.97 Å². The van der Waals surface area contributed by atoms with Crippen LogP contribution in [-0.4, -0.2) is 32.6 Å². The van der Waals surface area contributed by atoms with Crippen LogP contribution in [0.5, 0.6) is 5.75 Å². The fraction of sp³-hybridized carbons (Fsp3) is 0.200. The van der Waals surface area contributed by atoms with Gasteiger partial charge in [0.25, 0.3) is 0 Å². The average molecular weight is 433 g/mol. The quantitative estimate of drug-likeness (QED) is 0.407. The zero-order chi connectivity index (χ0) is 19.4. The second-order valence-electron chi connectivity index (χ2n) is 5.69. The standard InChI is InChI=1S/C20H17BrO6/c1-24-10-14-13-5-3-4-6-17(13)27-19(14)20(23)26-11-16(22)12-7-8-18(25-2)15(21)9-12/h3-9H,10-11H2,1-2H3. The van der Waals surface area contributed by atoms with Crippen molar-refractivity contribution < 1.29 is 28.2 Å². The minimum Gasteiger partial charge on any atom is -0.496 e. The van der Waals surface area contributed by atoms with Gasteiger partial charge in [-0.2, -0.15) is 0 Å². The molecule has 3 rings (SSSR count). The van der Waals surface area contributed by atoms with E-state index in [0.29, 0.717) is 26.9 Å². The fourth-order valence-corrected chi connectivity index (χ4v) is 3.21. The maximum atomic E-state index is 12.5. The molecule has 0 spiro atoms. The Morgan fingerprint density at radius 3 is 2.59 bits per heavy atom. The summed E-state index contributed by atoms with van der Waals surface area (Å²) in [4.78, 5) is 24.8. The van der Waals surface area contributed by atoms with Crippen molar-refractivity contribution in [2.45, 2.75) is 6.61 Å². The van der Waals surface area contributed by atoms with Gasteiger partial charge in [-0.3, -0.25) is 4.79 Å². The molecular weight excluding hydrogens is 416 g/mol. The highest BCUT2D eigenvalue weighted by molar-refractivity contribution is 9.10. The highest BCUT2D eigenvalue weighted by Crippen LogP contribution is 2.28. The molecule has 0 radical (unpaired) electrons. The van der Waals surface area contributed by atoms with Crippen molar-refractivity contribution in [2.75, 3.05) is 20.8 Å². The first-order valence-corrected chi connectivity index (χ1v) is 8.87. The van der Waals surface area contributed by atoms with E-state index >= 15 is 0 Å². The first-order chi connectivity index (χ1) is 13.0. The van der Waals surface area contributed by atoms with Crippen molar-refractivity contribution in [1.82, 2.24) is 0 Å². The van der Waals surface area contributed by atoms with Crippen molar-refractivity contribution in [3.8, 4) is 5.75 Å². The fourth-order valence-electron chi connectivity index (χ4n) is 2.67. The van der Waals surface area contributed by atoms with Crippen molar-refractivity contribution in [1.29, 1.82) is 0 Å². The molecule has 1 heterocycles. The van der Waals surface area contributed by atoms with E-state index in [4.69, 9.17) is 18.6 Å². The van der Waals surface area contributed by atoms with Gasteiger partial charge in [0.1, 0.15) is 11.3 Å². The Labute approximate surface area is 164 Å². The van der Waals surface area contributed by atoms with Gasteiger partial charge < -0.3 is 18.6 Å². The van der Waals surface area contributed by atoms with Crippen LogP contribution in [-0.2, 0) is 16.1 Å². The van der Waals surface area contributed by atoms with E-state index in [0.717, 1.165) is 5.39 Å². The normalized spacial score (nSPS) is 10.8. The van der Waals surface area contributed by atoms with Crippen molar-refractivity contribution >= 4 is 38.7 Å². The van der Waals surface area contributed by atoms with Crippen molar-refractivity contribution in [3.63, 3.8) is 0 Å². The molecule has 0 atom stereocenters. The van der Waals surface area contributed by atoms with Crippen LogP contribution >= 0.6 is 15.9 Å². The van der Waals surface area contributed by atoms with E-state index in [1.165, 1.54) is 14.2 Å². The lowest BCUT2D eigenvalue weighted by molar-refractivity contribution is 0.0441. The highest BCUT2D eigenvalue weighted by Gasteiger charge is 2.22. The van der Waals surface area contributed by atoms with Gasteiger partial charge in [0, 0.05) is 23.6 Å². The second-order valence-corrected chi connectivity index (χ2v) is 6.54. The molecule has 1 aromatic heterocycles. The van der Waals surface area contributed by atoms with Gasteiger partial charge in [0.2, 0.25) is 5.76 Å². The molecule has 0 bridgehead atoms. The van der Waals surface area contributed by atoms with Gasteiger partial charge in [0.15, 0.2) is 12.4 Å². The van der Waals surface area contributed by atoms with Crippen LogP contribution < -0.4 is 4.74 Å². The molecule has 0 saturated heterocycles. The number of carbonyl (C=O) groups excluding carboxylic acids is 2. The number of rotatable bonds is 7. The van der Waals surface area contributed by atoms with E-state index < -0.39 is 12.6 Å². The summed E-state index contributed by atoms with van der Waals surface area (Å²) < 4.78 is 21.7. The van der Waals surface area contributed by atoms with Gasteiger partial charge in [-0.25, -0.2) is 4.79 Å². The third kappa shape index (κ3) is 4.04. The summed E-state index contributed by atoms with van der Waals surface area (Å²) in [6.45, 7) is -0.206. The number of methoxy groups -OCH3 is 2. The number of ketones is 1. The number of hydrogen-bond donors (Lipinski definition) is 0. The summed E-state index contributed by atoms with van der Waals surface area (Å²) in [7, 11) is 3.07. The van der Waals surface area contributed by atoms with Crippen LogP contribution in [0.2, 0.25) is 0 Å². The Kier molecular flexibility index (Phi) is 5.93. The first-order valence-electron chi connectivity index (χ1n) is 8.08. The molecule has 27 heavy (non-hydrogen) atoms. The van der Waals surface area contributed by atoms with E-state index in [1.807, 2.05) is 18.2 Å². The number of Topliss-reactive ketones (excluding diaryl/α,β-unsaturated/α-hetero) is 1. The molecule has 2 aromatic carbocycles. The van der Waals surface area contributed by atoms with Crippen LogP contribution in [0.15, 0.2) is 51.4 Å².